The van der Waals surface area contributed by atoms with Crippen molar-refractivity contribution in [3.05, 3.63) is 48.5 Å². The van der Waals surface area contributed by atoms with Gasteiger partial charge in [0, 0.05) is 16.6 Å². The number of aliphatic carboxylic acids is 1. The maximum atomic E-state index is 12.2. The molecule has 1 atom stereocenters. The molecule has 0 aliphatic carbocycles. The van der Waals surface area contributed by atoms with E-state index in [0.29, 0.717) is 0 Å². The van der Waals surface area contributed by atoms with Crippen molar-refractivity contribution in [2.24, 2.45) is 0 Å². The van der Waals surface area contributed by atoms with Crippen LogP contribution in [0.15, 0.2) is 53.4 Å². The van der Waals surface area contributed by atoms with Crippen molar-refractivity contribution in [3.63, 3.8) is 0 Å². The standard InChI is InChI=1S/C18H18N2O5S/c1-11(18(21)22)20-26(23,24)15-6-3-12(4-7-15)17-10-13-9-14(25-2)5-8-16(13)19-17/h3-11,19-20H,1-2H3,(H,21,22)/t11-/m1/s1. The number of rotatable bonds is 6. The Morgan fingerprint density at radius 3 is 2.46 bits per heavy atom. The van der Waals surface area contributed by atoms with E-state index in [1.165, 1.54) is 19.1 Å². The van der Waals surface area contributed by atoms with Crippen LogP contribution >= 0.6 is 0 Å². The molecule has 0 spiro atoms. The Morgan fingerprint density at radius 1 is 1.15 bits per heavy atom. The highest BCUT2D eigenvalue weighted by Gasteiger charge is 2.21. The van der Waals surface area contributed by atoms with E-state index < -0.39 is 22.0 Å². The van der Waals surface area contributed by atoms with Crippen LogP contribution in [0.5, 0.6) is 5.75 Å². The molecule has 3 N–H and O–H groups in total. The number of hydrogen-bond donors (Lipinski definition) is 3. The van der Waals surface area contributed by atoms with Gasteiger partial charge in [-0.1, -0.05) is 12.1 Å². The number of fused-ring (bicyclic) bond motifs is 1. The molecule has 1 aromatic heterocycles. The maximum absolute atomic E-state index is 12.2. The van der Waals surface area contributed by atoms with Crippen molar-refractivity contribution in [2.75, 3.05) is 7.11 Å². The van der Waals surface area contributed by atoms with E-state index in [1.54, 1.807) is 19.2 Å². The molecule has 7 nitrogen and oxygen atoms in total. The maximum Gasteiger partial charge on any atom is 0.321 e. The summed E-state index contributed by atoms with van der Waals surface area (Å²) in [6, 6.07) is 12.6. The SMILES string of the molecule is COc1ccc2[nH]c(-c3ccc(S(=O)(=O)N[C@H](C)C(=O)O)cc3)cc2c1. The number of nitrogens with one attached hydrogen (secondary N) is 2. The first-order valence-electron chi connectivity index (χ1n) is 7.82. The van der Waals surface area contributed by atoms with Crippen molar-refractivity contribution in [2.45, 2.75) is 17.9 Å². The molecule has 0 saturated carbocycles. The molecular weight excluding hydrogens is 356 g/mol. The summed E-state index contributed by atoms with van der Waals surface area (Å²) < 4.78 is 31.7. The first-order chi connectivity index (χ1) is 12.3. The van der Waals surface area contributed by atoms with E-state index in [1.807, 2.05) is 24.3 Å². The first-order valence-corrected chi connectivity index (χ1v) is 9.31. The highest BCUT2D eigenvalue weighted by Crippen LogP contribution is 2.27. The summed E-state index contributed by atoms with van der Waals surface area (Å²) in [7, 11) is -2.29. The minimum absolute atomic E-state index is 0.00660. The zero-order valence-electron chi connectivity index (χ0n) is 14.2. The number of sulfonamides is 1. The second kappa shape index (κ2) is 6.81. The third kappa shape index (κ3) is 3.56. The van der Waals surface area contributed by atoms with Gasteiger partial charge in [0.25, 0.3) is 0 Å². The molecule has 0 aliphatic heterocycles. The van der Waals surface area contributed by atoms with Gasteiger partial charge in [-0.3, -0.25) is 4.79 Å². The van der Waals surface area contributed by atoms with Crippen LogP contribution < -0.4 is 9.46 Å². The molecule has 136 valence electrons. The number of H-pyrrole nitrogens is 1. The highest BCUT2D eigenvalue weighted by atomic mass is 32.2. The van der Waals surface area contributed by atoms with Gasteiger partial charge >= 0.3 is 5.97 Å². The fraction of sp³-hybridized carbons (Fsp3) is 0.167. The van der Waals surface area contributed by atoms with E-state index in [9.17, 15) is 13.2 Å². The number of aromatic amines is 1. The lowest BCUT2D eigenvalue weighted by Gasteiger charge is -2.10. The lowest BCUT2D eigenvalue weighted by atomic mass is 10.1. The van der Waals surface area contributed by atoms with E-state index in [-0.39, 0.29) is 4.90 Å². The number of methoxy groups -OCH3 is 1. The van der Waals surface area contributed by atoms with Gasteiger partial charge < -0.3 is 14.8 Å². The normalized spacial score (nSPS) is 12.8. The number of carboxylic acids is 1. The Labute approximate surface area is 150 Å². The molecular formula is C18H18N2O5S. The minimum Gasteiger partial charge on any atom is -0.497 e. The summed E-state index contributed by atoms with van der Waals surface area (Å²) in [6.07, 6.45) is 0. The molecule has 26 heavy (non-hydrogen) atoms. The smallest absolute Gasteiger partial charge is 0.321 e. The summed E-state index contributed by atoms with van der Waals surface area (Å²) in [6.45, 7) is 1.27. The van der Waals surface area contributed by atoms with Crippen molar-refractivity contribution in [1.82, 2.24) is 9.71 Å². The van der Waals surface area contributed by atoms with Gasteiger partial charge in [0.2, 0.25) is 10.0 Å². The van der Waals surface area contributed by atoms with Crippen LogP contribution in [-0.2, 0) is 14.8 Å². The molecule has 0 bridgehead atoms. The summed E-state index contributed by atoms with van der Waals surface area (Å²) in [5.74, 6) is -0.484. The Bertz CT molecular complexity index is 1050. The predicted octanol–water partition coefficient (Wildman–Crippen LogP) is 2.59. The van der Waals surface area contributed by atoms with Crippen LogP contribution in [0.4, 0.5) is 0 Å². The van der Waals surface area contributed by atoms with Gasteiger partial charge in [-0.15, -0.1) is 0 Å². The number of ether oxygens (including phenoxy) is 1. The zero-order valence-corrected chi connectivity index (χ0v) is 15.0. The molecule has 3 aromatic rings. The Morgan fingerprint density at radius 2 is 1.85 bits per heavy atom. The fourth-order valence-electron chi connectivity index (χ4n) is 2.56. The lowest BCUT2D eigenvalue weighted by molar-refractivity contribution is -0.138. The van der Waals surface area contributed by atoms with Gasteiger partial charge in [-0.2, -0.15) is 4.72 Å². The Kier molecular flexibility index (Phi) is 4.71. The molecule has 0 radical (unpaired) electrons. The molecule has 0 amide bonds. The molecule has 8 heteroatoms. The Hall–Kier alpha value is -2.84. The minimum atomic E-state index is -3.89. The van der Waals surface area contributed by atoms with Gasteiger partial charge in [-0.25, -0.2) is 8.42 Å². The second-order valence-electron chi connectivity index (χ2n) is 5.84. The molecule has 2 aromatic carbocycles. The topological polar surface area (TPSA) is 108 Å². The van der Waals surface area contributed by atoms with Crippen LogP contribution in [-0.4, -0.2) is 37.6 Å². The van der Waals surface area contributed by atoms with Crippen molar-refractivity contribution < 1.29 is 23.1 Å². The summed E-state index contributed by atoms with van der Waals surface area (Å²) in [5.41, 5.74) is 2.59. The van der Waals surface area contributed by atoms with Crippen LogP contribution in [0, 0.1) is 0 Å². The first kappa shape index (κ1) is 18.0. The monoisotopic (exact) mass is 374 g/mol. The van der Waals surface area contributed by atoms with Crippen LogP contribution in [0.1, 0.15) is 6.92 Å². The van der Waals surface area contributed by atoms with Crippen LogP contribution in [0.3, 0.4) is 0 Å². The molecule has 1 heterocycles. The summed E-state index contributed by atoms with van der Waals surface area (Å²) >= 11 is 0. The quantitative estimate of drug-likeness (QED) is 0.614. The van der Waals surface area contributed by atoms with Gasteiger partial charge in [0.05, 0.1) is 12.0 Å². The zero-order chi connectivity index (χ0) is 18.9. The van der Waals surface area contributed by atoms with Crippen molar-refractivity contribution >= 4 is 26.9 Å². The van der Waals surface area contributed by atoms with E-state index in [0.717, 1.165) is 27.9 Å². The average molecular weight is 374 g/mol. The third-order valence-corrected chi connectivity index (χ3v) is 5.56. The average Bonchev–Trinajstić information content (AvgIpc) is 3.04. The van der Waals surface area contributed by atoms with Crippen LogP contribution in [0.2, 0.25) is 0 Å². The second-order valence-corrected chi connectivity index (χ2v) is 7.56. The van der Waals surface area contributed by atoms with Crippen molar-refractivity contribution in [1.29, 1.82) is 0 Å². The fourth-order valence-corrected chi connectivity index (χ4v) is 3.75. The summed E-state index contributed by atoms with van der Waals surface area (Å²) in [4.78, 5) is 14.1. The van der Waals surface area contributed by atoms with E-state index >= 15 is 0 Å². The summed E-state index contributed by atoms with van der Waals surface area (Å²) in [5, 5.41) is 9.83. The largest absolute Gasteiger partial charge is 0.497 e. The predicted molar refractivity (Wildman–Crippen MR) is 97.7 cm³/mol. The van der Waals surface area contributed by atoms with Gasteiger partial charge in [-0.05, 0) is 48.9 Å². The van der Waals surface area contributed by atoms with Gasteiger partial charge in [0.15, 0.2) is 0 Å². The number of hydrogen-bond acceptors (Lipinski definition) is 4. The number of carbonyl (C=O) groups is 1. The third-order valence-electron chi connectivity index (χ3n) is 4.01. The molecule has 3 rings (SSSR count). The van der Waals surface area contributed by atoms with Crippen molar-refractivity contribution in [3.8, 4) is 17.0 Å². The lowest BCUT2D eigenvalue weighted by Crippen LogP contribution is -2.38. The number of aromatic nitrogens is 1. The van der Waals surface area contributed by atoms with Gasteiger partial charge in [0.1, 0.15) is 11.8 Å². The molecule has 0 fully saturated rings. The number of carboxylic acid groups (broad SMARTS) is 1. The molecule has 0 aliphatic rings. The number of benzene rings is 2. The Balaban J connectivity index is 1.89. The van der Waals surface area contributed by atoms with E-state index in [2.05, 4.69) is 9.71 Å². The molecule has 0 saturated heterocycles. The molecule has 0 unspecified atom stereocenters. The van der Waals surface area contributed by atoms with E-state index in [4.69, 9.17) is 9.84 Å². The highest BCUT2D eigenvalue weighted by molar-refractivity contribution is 7.89. The van der Waals surface area contributed by atoms with Crippen LogP contribution in [0.25, 0.3) is 22.2 Å².